The van der Waals surface area contributed by atoms with Crippen LogP contribution in [0.4, 0.5) is 4.39 Å². The molecule has 1 amide bonds. The van der Waals surface area contributed by atoms with E-state index in [0.29, 0.717) is 59.7 Å². The number of halogens is 3. The molecule has 1 aromatic heterocycles. The number of aryl methyl sites for hydroxylation is 1. The Labute approximate surface area is 194 Å². The maximum Gasteiger partial charge on any atom is 0.278 e. The smallest absolute Gasteiger partial charge is 0.278 e. The Morgan fingerprint density at radius 3 is 2.41 bits per heavy atom. The zero-order valence-corrected chi connectivity index (χ0v) is 18.9. The van der Waals surface area contributed by atoms with Gasteiger partial charge in [-0.25, -0.2) is 9.07 Å². The lowest BCUT2D eigenvalue weighted by atomic mass is 10.1. The summed E-state index contributed by atoms with van der Waals surface area (Å²) >= 11 is 12.1. The fourth-order valence-corrected chi connectivity index (χ4v) is 4.05. The van der Waals surface area contributed by atoms with Gasteiger partial charge in [-0.2, -0.15) is 5.10 Å². The van der Waals surface area contributed by atoms with Crippen molar-refractivity contribution in [2.75, 3.05) is 26.2 Å². The topological polar surface area (TPSA) is 58.4 Å². The van der Waals surface area contributed by atoms with Crippen LogP contribution in [0.15, 0.2) is 53.3 Å². The second-order valence-electron chi connectivity index (χ2n) is 7.66. The summed E-state index contributed by atoms with van der Waals surface area (Å²) < 4.78 is 15.6. The summed E-state index contributed by atoms with van der Waals surface area (Å²) in [4.78, 5) is 29.2. The van der Waals surface area contributed by atoms with Crippen LogP contribution in [0.1, 0.15) is 21.7 Å². The van der Waals surface area contributed by atoms with E-state index in [1.54, 1.807) is 52.9 Å². The Bertz CT molecular complexity index is 1190. The highest BCUT2D eigenvalue weighted by Crippen LogP contribution is 2.21. The van der Waals surface area contributed by atoms with E-state index in [1.165, 1.54) is 12.1 Å². The minimum absolute atomic E-state index is 0.129. The fraction of sp³-hybridized carbons (Fsp3) is 0.261. The third-order valence-electron chi connectivity index (χ3n) is 5.48. The van der Waals surface area contributed by atoms with Crippen molar-refractivity contribution in [1.29, 1.82) is 0 Å². The highest BCUT2D eigenvalue weighted by atomic mass is 35.5. The average molecular weight is 475 g/mol. The summed E-state index contributed by atoms with van der Waals surface area (Å²) in [6.45, 7) is 3.99. The molecule has 9 heteroatoms. The summed E-state index contributed by atoms with van der Waals surface area (Å²) in [5.41, 5.74) is 1.21. The SMILES string of the molecule is Cc1cc(=O)c(C(=O)N2CCN(Cc3c(F)cccc3Cl)CC2)nn1-c1ccc(Cl)cc1. The number of hydrogen-bond acceptors (Lipinski definition) is 4. The van der Waals surface area contributed by atoms with E-state index in [1.807, 2.05) is 4.90 Å². The monoisotopic (exact) mass is 474 g/mol. The Hall–Kier alpha value is -2.74. The average Bonchev–Trinajstić information content (AvgIpc) is 2.77. The van der Waals surface area contributed by atoms with Gasteiger partial charge >= 0.3 is 0 Å². The minimum atomic E-state index is -0.418. The molecule has 0 atom stereocenters. The molecule has 0 unspecified atom stereocenters. The lowest BCUT2D eigenvalue weighted by Crippen LogP contribution is -2.49. The van der Waals surface area contributed by atoms with Crippen molar-refractivity contribution >= 4 is 29.1 Å². The summed E-state index contributed by atoms with van der Waals surface area (Å²) in [6, 6.07) is 13.0. The molecule has 1 fully saturated rings. The van der Waals surface area contributed by atoms with Gasteiger partial charge in [0, 0.05) is 60.1 Å². The van der Waals surface area contributed by atoms with Crippen LogP contribution in [-0.4, -0.2) is 51.7 Å². The molecular weight excluding hydrogens is 454 g/mol. The van der Waals surface area contributed by atoms with Crippen LogP contribution in [0.2, 0.25) is 10.0 Å². The molecule has 32 heavy (non-hydrogen) atoms. The van der Waals surface area contributed by atoms with Gasteiger partial charge in [0.25, 0.3) is 5.91 Å². The van der Waals surface area contributed by atoms with E-state index in [9.17, 15) is 14.0 Å². The molecule has 3 aromatic rings. The van der Waals surface area contributed by atoms with Gasteiger partial charge in [-0.3, -0.25) is 14.5 Å². The van der Waals surface area contributed by atoms with Crippen molar-refractivity contribution in [2.24, 2.45) is 0 Å². The molecule has 0 spiro atoms. The van der Waals surface area contributed by atoms with Gasteiger partial charge in [-0.1, -0.05) is 29.3 Å². The van der Waals surface area contributed by atoms with Gasteiger partial charge in [0.15, 0.2) is 5.69 Å². The van der Waals surface area contributed by atoms with Gasteiger partial charge in [0.2, 0.25) is 5.43 Å². The van der Waals surface area contributed by atoms with Crippen LogP contribution in [0, 0.1) is 12.7 Å². The van der Waals surface area contributed by atoms with Crippen LogP contribution < -0.4 is 5.43 Å². The van der Waals surface area contributed by atoms with Crippen LogP contribution in [0.3, 0.4) is 0 Å². The number of amides is 1. The molecule has 1 aliphatic heterocycles. The van der Waals surface area contributed by atoms with Crippen molar-refractivity contribution in [3.63, 3.8) is 0 Å². The van der Waals surface area contributed by atoms with Crippen molar-refractivity contribution < 1.29 is 9.18 Å². The quantitative estimate of drug-likeness (QED) is 0.574. The summed E-state index contributed by atoms with van der Waals surface area (Å²) in [5.74, 6) is -0.760. The van der Waals surface area contributed by atoms with Gasteiger partial charge < -0.3 is 4.90 Å². The van der Waals surface area contributed by atoms with Gasteiger partial charge in [-0.05, 0) is 43.3 Å². The van der Waals surface area contributed by atoms with E-state index in [-0.39, 0.29) is 11.5 Å². The number of hydrogen-bond donors (Lipinski definition) is 0. The zero-order chi connectivity index (χ0) is 22.8. The summed E-state index contributed by atoms with van der Waals surface area (Å²) in [5, 5.41) is 5.31. The minimum Gasteiger partial charge on any atom is -0.335 e. The van der Waals surface area contributed by atoms with Gasteiger partial charge in [0.1, 0.15) is 5.82 Å². The van der Waals surface area contributed by atoms with Crippen LogP contribution in [0.25, 0.3) is 5.69 Å². The molecule has 1 aliphatic rings. The van der Waals surface area contributed by atoms with Crippen LogP contribution in [0.5, 0.6) is 0 Å². The molecule has 0 bridgehead atoms. The highest BCUT2D eigenvalue weighted by molar-refractivity contribution is 6.31. The summed E-state index contributed by atoms with van der Waals surface area (Å²) in [7, 11) is 0. The zero-order valence-electron chi connectivity index (χ0n) is 17.4. The van der Waals surface area contributed by atoms with E-state index in [0.717, 1.165) is 0 Å². The number of carbonyl (C=O) groups excluding carboxylic acids is 1. The Balaban J connectivity index is 1.49. The van der Waals surface area contributed by atoms with Crippen LogP contribution in [-0.2, 0) is 6.54 Å². The van der Waals surface area contributed by atoms with E-state index in [4.69, 9.17) is 23.2 Å². The van der Waals surface area contributed by atoms with Crippen molar-refractivity contribution in [3.05, 3.63) is 91.6 Å². The molecule has 166 valence electrons. The number of piperazine rings is 1. The molecular formula is C23H21Cl2FN4O2. The molecule has 0 aliphatic carbocycles. The Morgan fingerprint density at radius 2 is 1.75 bits per heavy atom. The van der Waals surface area contributed by atoms with E-state index >= 15 is 0 Å². The van der Waals surface area contributed by atoms with Gasteiger partial charge in [0.05, 0.1) is 5.69 Å². The molecule has 1 saturated heterocycles. The standard InChI is InChI=1S/C23H21Cl2FN4O2/c1-15-13-21(31)22(27-30(15)17-7-5-16(24)6-8-17)23(32)29-11-9-28(10-12-29)14-18-19(25)3-2-4-20(18)26/h2-8,13H,9-12,14H2,1H3. The summed E-state index contributed by atoms with van der Waals surface area (Å²) in [6.07, 6.45) is 0. The third kappa shape index (κ3) is 4.70. The second kappa shape index (κ2) is 9.40. The molecule has 0 radical (unpaired) electrons. The number of rotatable bonds is 4. The number of nitrogens with zero attached hydrogens (tertiary/aromatic N) is 4. The third-order valence-corrected chi connectivity index (χ3v) is 6.09. The van der Waals surface area contributed by atoms with Crippen LogP contribution >= 0.6 is 23.2 Å². The molecule has 4 rings (SSSR count). The molecule has 0 saturated carbocycles. The first-order valence-electron chi connectivity index (χ1n) is 10.1. The van der Waals surface area contributed by atoms with Crippen molar-refractivity contribution in [3.8, 4) is 5.69 Å². The van der Waals surface area contributed by atoms with Crippen molar-refractivity contribution in [2.45, 2.75) is 13.5 Å². The second-order valence-corrected chi connectivity index (χ2v) is 8.50. The molecule has 6 nitrogen and oxygen atoms in total. The lowest BCUT2D eigenvalue weighted by Gasteiger charge is -2.34. The first kappa shape index (κ1) is 22.5. The van der Waals surface area contributed by atoms with E-state index in [2.05, 4.69) is 5.10 Å². The first-order chi connectivity index (χ1) is 15.3. The van der Waals surface area contributed by atoms with Gasteiger partial charge in [-0.15, -0.1) is 0 Å². The van der Waals surface area contributed by atoms with Crippen molar-refractivity contribution in [1.82, 2.24) is 19.6 Å². The van der Waals surface area contributed by atoms with E-state index < -0.39 is 11.3 Å². The molecule has 0 N–H and O–H groups in total. The number of benzene rings is 2. The number of aromatic nitrogens is 2. The predicted molar refractivity (Wildman–Crippen MR) is 122 cm³/mol. The Kier molecular flexibility index (Phi) is 6.60. The highest BCUT2D eigenvalue weighted by Gasteiger charge is 2.26. The fourth-order valence-electron chi connectivity index (χ4n) is 3.71. The first-order valence-corrected chi connectivity index (χ1v) is 10.9. The maximum atomic E-state index is 14.1. The lowest BCUT2D eigenvalue weighted by molar-refractivity contribution is 0.0618. The molecule has 2 heterocycles. The normalized spacial score (nSPS) is 14.6. The maximum absolute atomic E-state index is 14.1. The largest absolute Gasteiger partial charge is 0.335 e. The molecule has 2 aromatic carbocycles. The Morgan fingerprint density at radius 1 is 1.06 bits per heavy atom. The number of carbonyl (C=O) groups is 1. The predicted octanol–water partition coefficient (Wildman–Crippen LogP) is 3.94.